The second-order valence-electron chi connectivity index (χ2n) is 8.33. The number of unbranched alkanes of at least 4 members (excludes halogenated alkanes) is 1. The Bertz CT molecular complexity index is 1210. The molecule has 3 rings (SSSR count). The zero-order valence-electron chi connectivity index (χ0n) is 22.1. The minimum Gasteiger partial charge on any atom is -0.494 e. The molecule has 0 fully saturated rings. The van der Waals surface area contributed by atoms with E-state index >= 15 is 0 Å². The number of esters is 1. The van der Waals surface area contributed by atoms with Crippen molar-refractivity contribution >= 4 is 18.1 Å². The van der Waals surface area contributed by atoms with Gasteiger partial charge in [-0.2, -0.15) is 5.10 Å². The highest BCUT2D eigenvalue weighted by Crippen LogP contribution is 2.29. The summed E-state index contributed by atoms with van der Waals surface area (Å²) in [4.78, 5) is 25.1. The Morgan fingerprint density at radius 2 is 1.42 bits per heavy atom. The molecule has 0 heterocycles. The standard InChI is InChI=1S/C30H34N2O6/c1-4-7-19-37-26-13-9-23(10-14-26)29(33)32-31-21-22-8-17-27(28(20-22)35-6-3)38-30(34)24-11-15-25(16-12-24)36-18-5-2/h8-17,20-21H,4-7,18-19H2,1-3H3,(H,32,33)/b31-21-. The van der Waals surface area contributed by atoms with Gasteiger partial charge in [-0.05, 0) is 92.1 Å². The summed E-state index contributed by atoms with van der Waals surface area (Å²) in [7, 11) is 0. The van der Waals surface area contributed by atoms with Gasteiger partial charge in [0.25, 0.3) is 5.91 Å². The molecule has 0 unspecified atom stereocenters. The van der Waals surface area contributed by atoms with Crippen molar-refractivity contribution in [2.45, 2.75) is 40.0 Å². The van der Waals surface area contributed by atoms with Gasteiger partial charge in [0.2, 0.25) is 0 Å². The van der Waals surface area contributed by atoms with Gasteiger partial charge < -0.3 is 18.9 Å². The monoisotopic (exact) mass is 518 g/mol. The molecule has 1 N–H and O–H groups in total. The fourth-order valence-corrected chi connectivity index (χ4v) is 3.29. The molecule has 0 atom stereocenters. The number of carbonyl (C=O) groups excluding carboxylic acids is 2. The predicted octanol–water partition coefficient (Wildman–Crippen LogP) is 6.04. The lowest BCUT2D eigenvalue weighted by Crippen LogP contribution is -2.17. The van der Waals surface area contributed by atoms with Crippen molar-refractivity contribution in [2.24, 2.45) is 5.10 Å². The van der Waals surface area contributed by atoms with Crippen molar-refractivity contribution in [2.75, 3.05) is 19.8 Å². The number of hydrogen-bond donors (Lipinski definition) is 1. The SMILES string of the molecule is CCCCOc1ccc(C(=O)N/N=C\c2ccc(OC(=O)c3ccc(OCCC)cc3)c(OCC)c2)cc1. The van der Waals surface area contributed by atoms with E-state index in [0.29, 0.717) is 48.0 Å². The van der Waals surface area contributed by atoms with Gasteiger partial charge in [0.1, 0.15) is 11.5 Å². The molecule has 0 aliphatic heterocycles. The number of benzene rings is 3. The van der Waals surface area contributed by atoms with Crippen LogP contribution in [0.15, 0.2) is 71.8 Å². The molecule has 1 amide bonds. The van der Waals surface area contributed by atoms with Gasteiger partial charge in [-0.15, -0.1) is 0 Å². The normalized spacial score (nSPS) is 10.7. The fraction of sp³-hybridized carbons (Fsp3) is 0.300. The first-order chi connectivity index (χ1) is 18.5. The minimum atomic E-state index is -0.511. The van der Waals surface area contributed by atoms with Crippen molar-refractivity contribution in [1.82, 2.24) is 5.43 Å². The number of rotatable bonds is 14. The summed E-state index contributed by atoms with van der Waals surface area (Å²) in [6.07, 6.45) is 4.43. The Hall–Kier alpha value is -4.33. The molecule has 0 saturated heterocycles. The molecule has 0 aliphatic carbocycles. The molecule has 0 aliphatic rings. The number of carbonyl (C=O) groups is 2. The molecular weight excluding hydrogens is 484 g/mol. The topological polar surface area (TPSA) is 95.5 Å². The van der Waals surface area contributed by atoms with Crippen LogP contribution < -0.4 is 24.4 Å². The number of amides is 1. The molecule has 0 aromatic heterocycles. The van der Waals surface area contributed by atoms with Crippen molar-refractivity contribution in [1.29, 1.82) is 0 Å². The molecular formula is C30H34N2O6. The number of nitrogens with one attached hydrogen (secondary N) is 1. The summed E-state index contributed by atoms with van der Waals surface area (Å²) < 4.78 is 22.4. The third-order valence-electron chi connectivity index (χ3n) is 5.30. The van der Waals surface area contributed by atoms with Crippen LogP contribution in [0.5, 0.6) is 23.0 Å². The lowest BCUT2D eigenvalue weighted by molar-refractivity contribution is 0.0728. The van der Waals surface area contributed by atoms with Gasteiger partial charge in [-0.25, -0.2) is 10.2 Å². The van der Waals surface area contributed by atoms with Crippen molar-refractivity contribution in [3.63, 3.8) is 0 Å². The molecule has 8 heteroatoms. The van der Waals surface area contributed by atoms with Gasteiger partial charge in [-0.1, -0.05) is 20.3 Å². The Labute approximate surface area is 223 Å². The summed E-state index contributed by atoms with van der Waals surface area (Å²) in [5, 5.41) is 4.04. The minimum absolute atomic E-state index is 0.283. The molecule has 0 saturated carbocycles. The van der Waals surface area contributed by atoms with E-state index in [-0.39, 0.29) is 11.7 Å². The van der Waals surface area contributed by atoms with Crippen LogP contribution in [-0.2, 0) is 0 Å². The van der Waals surface area contributed by atoms with Gasteiger partial charge >= 0.3 is 5.97 Å². The van der Waals surface area contributed by atoms with Crippen LogP contribution in [-0.4, -0.2) is 37.9 Å². The zero-order chi connectivity index (χ0) is 27.2. The molecule has 0 radical (unpaired) electrons. The Morgan fingerprint density at radius 3 is 2.05 bits per heavy atom. The molecule has 3 aromatic rings. The Kier molecular flexibility index (Phi) is 11.2. The largest absolute Gasteiger partial charge is 0.494 e. The third kappa shape index (κ3) is 8.65. The van der Waals surface area contributed by atoms with E-state index in [1.54, 1.807) is 66.7 Å². The summed E-state index contributed by atoms with van der Waals surface area (Å²) in [6.45, 7) is 7.60. The van der Waals surface area contributed by atoms with Crippen LogP contribution in [0.4, 0.5) is 0 Å². The summed E-state index contributed by atoms with van der Waals surface area (Å²) in [5.41, 5.74) is 4.03. The van der Waals surface area contributed by atoms with Crippen molar-refractivity contribution in [3.8, 4) is 23.0 Å². The maximum atomic E-state index is 12.6. The van der Waals surface area contributed by atoms with Crippen molar-refractivity contribution in [3.05, 3.63) is 83.4 Å². The summed E-state index contributed by atoms with van der Waals surface area (Å²) in [6, 6.07) is 18.7. The predicted molar refractivity (Wildman–Crippen MR) is 147 cm³/mol. The van der Waals surface area contributed by atoms with Gasteiger partial charge in [0, 0.05) is 5.56 Å². The van der Waals surface area contributed by atoms with Gasteiger partial charge in [0.15, 0.2) is 11.5 Å². The zero-order valence-corrected chi connectivity index (χ0v) is 22.1. The number of hydrazone groups is 1. The summed E-state index contributed by atoms with van der Waals surface area (Å²) in [5.74, 6) is 1.23. The quantitative estimate of drug-likeness (QED) is 0.0920. The summed E-state index contributed by atoms with van der Waals surface area (Å²) >= 11 is 0. The maximum Gasteiger partial charge on any atom is 0.343 e. The van der Waals surface area contributed by atoms with E-state index in [1.165, 1.54) is 6.21 Å². The highest BCUT2D eigenvalue weighted by atomic mass is 16.6. The number of hydrogen-bond acceptors (Lipinski definition) is 7. The van der Waals surface area contributed by atoms with Gasteiger partial charge in [0.05, 0.1) is 31.6 Å². The first kappa shape index (κ1) is 28.2. The average molecular weight is 519 g/mol. The van der Waals surface area contributed by atoms with E-state index in [4.69, 9.17) is 18.9 Å². The Morgan fingerprint density at radius 1 is 0.763 bits per heavy atom. The molecule has 3 aromatic carbocycles. The van der Waals surface area contributed by atoms with Crippen LogP contribution in [0, 0.1) is 0 Å². The van der Waals surface area contributed by atoms with E-state index in [1.807, 2.05) is 13.8 Å². The van der Waals surface area contributed by atoms with E-state index < -0.39 is 5.97 Å². The van der Waals surface area contributed by atoms with E-state index in [2.05, 4.69) is 17.5 Å². The average Bonchev–Trinajstić information content (AvgIpc) is 2.94. The lowest BCUT2D eigenvalue weighted by atomic mass is 10.2. The first-order valence-electron chi connectivity index (χ1n) is 12.8. The van der Waals surface area contributed by atoms with Crippen molar-refractivity contribution < 1.29 is 28.5 Å². The van der Waals surface area contributed by atoms with Crippen LogP contribution in [0.3, 0.4) is 0 Å². The number of ether oxygens (including phenoxy) is 4. The highest BCUT2D eigenvalue weighted by molar-refractivity contribution is 5.95. The highest BCUT2D eigenvalue weighted by Gasteiger charge is 2.14. The van der Waals surface area contributed by atoms with E-state index in [9.17, 15) is 9.59 Å². The van der Waals surface area contributed by atoms with Crippen LogP contribution in [0.25, 0.3) is 0 Å². The fourth-order valence-electron chi connectivity index (χ4n) is 3.29. The van der Waals surface area contributed by atoms with E-state index in [0.717, 1.165) is 25.0 Å². The first-order valence-corrected chi connectivity index (χ1v) is 12.8. The molecule has 38 heavy (non-hydrogen) atoms. The van der Waals surface area contributed by atoms with Crippen LogP contribution in [0.2, 0.25) is 0 Å². The second-order valence-corrected chi connectivity index (χ2v) is 8.33. The molecule has 200 valence electrons. The smallest absolute Gasteiger partial charge is 0.343 e. The molecule has 0 spiro atoms. The van der Waals surface area contributed by atoms with Crippen LogP contribution in [0.1, 0.15) is 66.3 Å². The maximum absolute atomic E-state index is 12.6. The Balaban J connectivity index is 1.60. The van der Waals surface area contributed by atoms with Gasteiger partial charge in [-0.3, -0.25) is 4.79 Å². The number of nitrogens with zero attached hydrogens (tertiary/aromatic N) is 1. The molecule has 0 bridgehead atoms. The third-order valence-corrected chi connectivity index (χ3v) is 5.30. The second kappa shape index (κ2) is 15.0. The lowest BCUT2D eigenvalue weighted by Gasteiger charge is -2.12. The van der Waals surface area contributed by atoms with Crippen LogP contribution >= 0.6 is 0 Å². The molecule has 8 nitrogen and oxygen atoms in total.